The summed E-state index contributed by atoms with van der Waals surface area (Å²) in [6, 6.07) is 75.1. The molecule has 5 heteroatoms. The second-order valence-electron chi connectivity index (χ2n) is 27.1. The van der Waals surface area contributed by atoms with Crippen LogP contribution in [-0.2, 0) is 5.41 Å². The minimum atomic E-state index is -0.0631. The minimum Gasteiger partial charge on any atom is -0.457 e. The maximum Gasteiger partial charge on any atom is 0.137 e. The lowest BCUT2D eigenvalue weighted by Gasteiger charge is -2.62. The summed E-state index contributed by atoms with van der Waals surface area (Å²) in [7, 11) is 0. The highest BCUT2D eigenvalue weighted by atomic mass is 16.5. The zero-order chi connectivity index (χ0) is 59.4. The number of anilines is 4. The Morgan fingerprint density at radius 1 is 0.471 bits per heavy atom. The fraction of sp³-hybridized carbons (Fsp3) is 0.280. The largest absolute Gasteiger partial charge is 0.457 e. The fourth-order valence-corrected chi connectivity index (χ4v) is 16.9. The molecule has 0 unspecified atom stereocenters. The summed E-state index contributed by atoms with van der Waals surface area (Å²) in [5.41, 5.74) is 25.2. The lowest BCUT2D eigenvalue weighted by molar-refractivity contribution is -0.0419. The monoisotopic (exact) mass is 1140 g/mol. The Morgan fingerprint density at radius 2 is 1.06 bits per heavy atom. The van der Waals surface area contributed by atoms with Crippen molar-refractivity contribution in [2.45, 2.75) is 118 Å². The lowest BCUT2D eigenvalue weighted by atomic mass is 9.42. The summed E-state index contributed by atoms with van der Waals surface area (Å²) in [5, 5.41) is 2.39. The van der Waals surface area contributed by atoms with Crippen molar-refractivity contribution in [3.05, 3.63) is 251 Å². The zero-order valence-electron chi connectivity index (χ0n) is 52.1. The molecule has 0 N–H and O–H groups in total. The van der Waals surface area contributed by atoms with Gasteiger partial charge in [0, 0.05) is 51.3 Å². The van der Waals surface area contributed by atoms with Crippen molar-refractivity contribution >= 4 is 44.6 Å². The quantitative estimate of drug-likeness (QED) is 0.115. The molecule has 0 atom stereocenters. The van der Waals surface area contributed by atoms with E-state index in [4.69, 9.17) is 9.72 Å². The number of ether oxygens (including phenoxy) is 1. The first kappa shape index (κ1) is 54.9. The van der Waals surface area contributed by atoms with Crippen LogP contribution in [0.2, 0.25) is 0 Å². The van der Waals surface area contributed by atoms with Crippen LogP contribution < -0.4 is 14.5 Å². The Balaban J connectivity index is 0.893. The molecular formula is C82H80N4O. The summed E-state index contributed by atoms with van der Waals surface area (Å²) in [6.45, 7) is 21.6. The van der Waals surface area contributed by atoms with Gasteiger partial charge in [-0.2, -0.15) is 0 Å². The van der Waals surface area contributed by atoms with Crippen LogP contribution in [0, 0.1) is 44.4 Å². The van der Waals surface area contributed by atoms with Gasteiger partial charge in [-0.15, -0.1) is 0 Å². The third-order valence-electron chi connectivity index (χ3n) is 21.0. The van der Waals surface area contributed by atoms with E-state index in [0.717, 1.165) is 62.8 Å². The molecule has 1 aliphatic heterocycles. The Kier molecular flexibility index (Phi) is 13.7. The van der Waals surface area contributed by atoms with Crippen LogP contribution in [0.15, 0.2) is 206 Å². The molecule has 4 saturated carbocycles. The molecule has 16 rings (SSSR count). The summed E-state index contributed by atoms with van der Waals surface area (Å²) >= 11 is 0. The molecule has 0 spiro atoms. The number of aromatic nitrogens is 2. The predicted molar refractivity (Wildman–Crippen MR) is 364 cm³/mol. The first-order chi connectivity index (χ1) is 42.3. The van der Waals surface area contributed by atoms with Gasteiger partial charge in [0.1, 0.15) is 24.0 Å². The van der Waals surface area contributed by atoms with E-state index in [1.165, 1.54) is 121 Å². The number of hydrogen-bond acceptors (Lipinski definition) is 4. The van der Waals surface area contributed by atoms with Gasteiger partial charge < -0.3 is 14.5 Å². The Labute approximate surface area is 515 Å². The highest BCUT2D eigenvalue weighted by Crippen LogP contribution is 2.66. The maximum atomic E-state index is 7.47. The number of nitrogens with zero attached hydrogens (tertiary/aromatic N) is 4. The second-order valence-corrected chi connectivity index (χ2v) is 27.1. The van der Waals surface area contributed by atoms with E-state index in [9.17, 15) is 0 Å². The summed E-state index contributed by atoms with van der Waals surface area (Å²) < 4.78 is 9.89. The first-order valence-corrected chi connectivity index (χ1v) is 32.3. The minimum absolute atomic E-state index is 0.0631. The normalized spacial score (nSPS) is 19.6. The van der Waals surface area contributed by atoms with Gasteiger partial charge in [0.15, 0.2) is 0 Å². The number of benzene rings is 9. The van der Waals surface area contributed by atoms with Crippen LogP contribution in [-0.4, -0.2) is 16.2 Å². The van der Waals surface area contributed by atoms with Gasteiger partial charge in [0.25, 0.3) is 0 Å². The number of pyridine rings is 1. The van der Waals surface area contributed by atoms with Crippen molar-refractivity contribution in [3.63, 3.8) is 0 Å². The number of hydrogen-bond donors (Lipinski definition) is 0. The molecule has 4 fully saturated rings. The van der Waals surface area contributed by atoms with Gasteiger partial charge in [-0.1, -0.05) is 175 Å². The van der Waals surface area contributed by atoms with Crippen LogP contribution in [0.5, 0.6) is 11.5 Å². The van der Waals surface area contributed by atoms with Crippen molar-refractivity contribution < 1.29 is 4.74 Å². The summed E-state index contributed by atoms with van der Waals surface area (Å²) in [6.07, 6.45) is 8.80. The SMILES string of the molecule is Cc1cc(C2(c3ccnc(-n4c5ccccc5c5ccc(Oc6cc(-c7c(C(C)C)cc(C(C)C)cc7C(C)C)cc(N7CN(c8c(-c9ccccc9)cccc8-c8ccccc8)c8ccccc87)c6)cc54)c3)C3CC4CC(C3)CC2C4)cc(C)c1C. The third kappa shape index (κ3) is 9.21. The van der Waals surface area contributed by atoms with Crippen LogP contribution >= 0.6 is 0 Å². The van der Waals surface area contributed by atoms with Gasteiger partial charge >= 0.3 is 0 Å². The van der Waals surface area contributed by atoms with Gasteiger partial charge in [-0.05, 0) is 216 Å². The van der Waals surface area contributed by atoms with E-state index >= 15 is 0 Å². The van der Waals surface area contributed by atoms with Crippen molar-refractivity contribution in [1.29, 1.82) is 0 Å². The fourth-order valence-electron chi connectivity index (χ4n) is 16.9. The number of para-hydroxylation sites is 4. The highest BCUT2D eigenvalue weighted by molar-refractivity contribution is 6.09. The van der Waals surface area contributed by atoms with Crippen LogP contribution in [0.25, 0.3) is 61.0 Å². The Bertz CT molecular complexity index is 4310. The molecule has 4 bridgehead atoms. The van der Waals surface area contributed by atoms with Gasteiger partial charge in [-0.25, -0.2) is 4.98 Å². The van der Waals surface area contributed by atoms with E-state index in [0.29, 0.717) is 24.4 Å². The molecule has 4 aliphatic carbocycles. The van der Waals surface area contributed by atoms with Crippen LogP contribution in [0.4, 0.5) is 22.7 Å². The molecule has 2 aromatic heterocycles. The first-order valence-electron chi connectivity index (χ1n) is 32.3. The second kappa shape index (κ2) is 21.6. The summed E-state index contributed by atoms with van der Waals surface area (Å²) in [5.74, 6) is 6.43. The Hall–Kier alpha value is -8.67. The lowest BCUT2D eigenvalue weighted by Crippen LogP contribution is -2.56. The van der Waals surface area contributed by atoms with E-state index in [1.807, 2.05) is 0 Å². The van der Waals surface area contributed by atoms with Crippen LogP contribution in [0.3, 0.4) is 0 Å². The maximum absolute atomic E-state index is 7.47. The van der Waals surface area contributed by atoms with Gasteiger partial charge in [-0.3, -0.25) is 4.57 Å². The molecule has 0 radical (unpaired) electrons. The molecule has 11 aromatic rings. The molecule has 87 heavy (non-hydrogen) atoms. The molecule has 0 saturated heterocycles. The third-order valence-corrected chi connectivity index (χ3v) is 21.0. The molecule has 0 amide bonds. The van der Waals surface area contributed by atoms with E-state index in [1.54, 1.807) is 0 Å². The van der Waals surface area contributed by atoms with E-state index < -0.39 is 0 Å². The van der Waals surface area contributed by atoms with Crippen molar-refractivity contribution in [2.75, 3.05) is 16.5 Å². The Morgan fingerprint density at radius 3 is 1.68 bits per heavy atom. The number of aryl methyl sites for hydroxylation is 2. The predicted octanol–water partition coefficient (Wildman–Crippen LogP) is 22.3. The topological polar surface area (TPSA) is 33.5 Å². The molecule has 434 valence electrons. The smallest absolute Gasteiger partial charge is 0.137 e. The average molecular weight is 1140 g/mol. The number of rotatable bonds is 13. The highest BCUT2D eigenvalue weighted by Gasteiger charge is 2.59. The van der Waals surface area contributed by atoms with Gasteiger partial charge in [0.2, 0.25) is 0 Å². The molecule has 5 nitrogen and oxygen atoms in total. The van der Waals surface area contributed by atoms with E-state index in [-0.39, 0.29) is 17.3 Å². The van der Waals surface area contributed by atoms with Gasteiger partial charge in [0.05, 0.1) is 28.1 Å². The van der Waals surface area contributed by atoms with Crippen molar-refractivity contribution in [1.82, 2.24) is 9.55 Å². The molecule has 5 aliphatic rings. The molecule has 9 aromatic carbocycles. The van der Waals surface area contributed by atoms with Crippen LogP contribution in [0.1, 0.15) is 136 Å². The average Bonchev–Trinajstić information content (AvgIpc) is 1.40. The van der Waals surface area contributed by atoms with E-state index in [2.05, 4.69) is 283 Å². The summed E-state index contributed by atoms with van der Waals surface area (Å²) in [4.78, 5) is 10.4. The number of fused-ring (bicyclic) bond motifs is 4. The molecular weight excluding hydrogens is 1060 g/mol. The van der Waals surface area contributed by atoms with Crippen molar-refractivity contribution in [2.24, 2.45) is 23.7 Å². The standard InChI is InChI=1S/C82H80N4O/c1-50(2)60-44-73(51(3)4)80(74(45-60)52(5)6)61-42-66(84-49-85(77-30-19-18-29-76(77)84)81-69(58-21-12-10-13-22-58)26-20-27-70(81)59-23-14-11-15-24-59)47-68(43-61)87-67-31-32-72-71-25-16-17-28-75(71)86(78(72)48-67)79-46-62(33-34-83-79)82(63-35-53(7)55(9)54(8)36-63)64-38-56-37-57(40-64)41-65(82)39-56/h10-36,42-48,50-52,56-57,64-65H,37-41,49H2,1-9H3. The zero-order valence-corrected chi connectivity index (χ0v) is 52.1. The molecule has 3 heterocycles. The van der Waals surface area contributed by atoms with Crippen molar-refractivity contribution in [3.8, 4) is 50.7 Å².